The number of hydrogen-bond donors (Lipinski definition) is 1. The molecule has 0 aromatic heterocycles. The van der Waals surface area contributed by atoms with Crippen LogP contribution in [0.4, 0.5) is 5.69 Å². The average molecular weight is 373 g/mol. The molecule has 0 radical (unpaired) electrons. The Morgan fingerprint density at radius 2 is 1.96 bits per heavy atom. The molecule has 26 heavy (non-hydrogen) atoms. The number of amides is 1. The summed E-state index contributed by atoms with van der Waals surface area (Å²) in [6, 6.07) is 13.1. The van der Waals surface area contributed by atoms with Gasteiger partial charge in [-0.1, -0.05) is 35.9 Å². The topological polar surface area (TPSA) is 58.6 Å². The van der Waals surface area contributed by atoms with Crippen LogP contribution in [0.15, 0.2) is 42.5 Å². The fraction of sp³-hybridized carbons (Fsp3) is 0.300. The number of fused-ring (bicyclic) bond motifs is 1. The van der Waals surface area contributed by atoms with Crippen LogP contribution in [0.25, 0.3) is 0 Å². The molecule has 1 aliphatic rings. The molecular weight excluding hydrogens is 352 g/mol. The van der Waals surface area contributed by atoms with Crippen LogP contribution < -0.4 is 5.32 Å². The fourth-order valence-corrected chi connectivity index (χ4v) is 3.26. The highest BCUT2D eigenvalue weighted by atomic mass is 35.5. The Kier molecular flexibility index (Phi) is 5.78. The van der Waals surface area contributed by atoms with Gasteiger partial charge >= 0.3 is 5.97 Å². The minimum absolute atomic E-state index is 0.104. The third-order valence-electron chi connectivity index (χ3n) is 4.53. The maximum absolute atomic E-state index is 12.5. The van der Waals surface area contributed by atoms with Crippen LogP contribution >= 0.6 is 11.6 Å². The molecule has 0 spiro atoms. The third-order valence-corrected chi connectivity index (χ3v) is 4.85. The van der Waals surface area contributed by atoms with Crippen LogP contribution in [-0.2, 0) is 22.5 Å². The molecule has 0 saturated carbocycles. The number of carbonyl (C=O) groups is 2. The maximum Gasteiger partial charge on any atom is 0.337 e. The molecule has 0 saturated heterocycles. The summed E-state index contributed by atoms with van der Waals surface area (Å²) in [7, 11) is 1.33. The van der Waals surface area contributed by atoms with Crippen molar-refractivity contribution in [3.8, 4) is 0 Å². The molecule has 1 amide bonds. The summed E-state index contributed by atoms with van der Waals surface area (Å²) >= 11 is 6.15. The summed E-state index contributed by atoms with van der Waals surface area (Å²) in [4.78, 5) is 26.0. The lowest BCUT2D eigenvalue weighted by Gasteiger charge is -2.29. The smallest absolute Gasteiger partial charge is 0.337 e. The van der Waals surface area contributed by atoms with Crippen molar-refractivity contribution in [1.82, 2.24) is 4.90 Å². The number of nitrogens with zero attached hydrogens (tertiary/aromatic N) is 1. The lowest BCUT2D eigenvalue weighted by Crippen LogP contribution is -2.36. The number of benzene rings is 2. The summed E-state index contributed by atoms with van der Waals surface area (Å²) in [6.07, 6.45) is 1.25. The normalized spacial score (nSPS) is 13.1. The number of ether oxygens (including phenoxy) is 1. The largest absolute Gasteiger partial charge is 0.465 e. The lowest BCUT2D eigenvalue weighted by atomic mass is 10.00. The molecule has 0 bridgehead atoms. The van der Waals surface area contributed by atoms with Crippen molar-refractivity contribution in [2.24, 2.45) is 0 Å². The maximum atomic E-state index is 12.5. The molecule has 136 valence electrons. The van der Waals surface area contributed by atoms with E-state index in [0.29, 0.717) is 35.8 Å². The number of esters is 1. The quantitative estimate of drug-likeness (QED) is 0.816. The highest BCUT2D eigenvalue weighted by Crippen LogP contribution is 2.24. The summed E-state index contributed by atoms with van der Waals surface area (Å²) in [5.74, 6) is -0.319. The molecule has 2 aromatic rings. The van der Waals surface area contributed by atoms with Gasteiger partial charge < -0.3 is 15.0 Å². The average Bonchev–Trinajstić information content (AvgIpc) is 2.68. The van der Waals surface area contributed by atoms with Gasteiger partial charge in [-0.05, 0) is 35.7 Å². The summed E-state index contributed by atoms with van der Waals surface area (Å²) in [6.45, 7) is 1.85. The van der Waals surface area contributed by atoms with Crippen LogP contribution in [0.5, 0.6) is 0 Å². The van der Waals surface area contributed by atoms with Gasteiger partial charge in [0.25, 0.3) is 0 Å². The zero-order valence-electron chi connectivity index (χ0n) is 14.6. The Balaban J connectivity index is 1.55. The predicted molar refractivity (Wildman–Crippen MR) is 101 cm³/mol. The SMILES string of the molecule is COC(=O)c1ccc(Cl)c(NCCC(=O)N2CCc3ccccc3C2)c1. The van der Waals surface area contributed by atoms with E-state index in [1.54, 1.807) is 18.2 Å². The van der Waals surface area contributed by atoms with Gasteiger partial charge in [-0.3, -0.25) is 4.79 Å². The minimum Gasteiger partial charge on any atom is -0.465 e. The first-order valence-corrected chi connectivity index (χ1v) is 8.92. The Morgan fingerprint density at radius 1 is 1.19 bits per heavy atom. The number of rotatable bonds is 5. The van der Waals surface area contributed by atoms with Gasteiger partial charge in [0.05, 0.1) is 23.4 Å². The molecule has 1 aliphatic heterocycles. The molecule has 6 heteroatoms. The Hall–Kier alpha value is -2.53. The molecule has 0 aliphatic carbocycles. The highest BCUT2D eigenvalue weighted by Gasteiger charge is 2.20. The van der Waals surface area contributed by atoms with Gasteiger partial charge in [0.2, 0.25) is 5.91 Å². The molecule has 5 nitrogen and oxygen atoms in total. The van der Waals surface area contributed by atoms with Gasteiger partial charge in [0.1, 0.15) is 0 Å². The first-order valence-electron chi connectivity index (χ1n) is 8.55. The van der Waals surface area contributed by atoms with Gasteiger partial charge in [0.15, 0.2) is 0 Å². The van der Waals surface area contributed by atoms with E-state index in [0.717, 1.165) is 13.0 Å². The van der Waals surface area contributed by atoms with E-state index >= 15 is 0 Å². The lowest BCUT2D eigenvalue weighted by molar-refractivity contribution is -0.131. The monoisotopic (exact) mass is 372 g/mol. The van der Waals surface area contributed by atoms with Crippen molar-refractivity contribution in [1.29, 1.82) is 0 Å². The van der Waals surface area contributed by atoms with Crippen LogP contribution in [0, 0.1) is 0 Å². The molecule has 0 fully saturated rings. The van der Waals surface area contributed by atoms with Crippen LogP contribution in [0.1, 0.15) is 27.9 Å². The van der Waals surface area contributed by atoms with Crippen molar-refractivity contribution in [3.05, 3.63) is 64.2 Å². The molecule has 1 heterocycles. The predicted octanol–water partition coefficient (Wildman–Crippen LogP) is 3.51. The summed E-state index contributed by atoms with van der Waals surface area (Å²) in [5, 5.41) is 3.63. The van der Waals surface area contributed by atoms with E-state index in [1.807, 2.05) is 17.0 Å². The third kappa shape index (κ3) is 4.17. The number of anilines is 1. The van der Waals surface area contributed by atoms with Gasteiger partial charge in [-0.2, -0.15) is 0 Å². The zero-order chi connectivity index (χ0) is 18.5. The van der Waals surface area contributed by atoms with Crippen molar-refractivity contribution in [3.63, 3.8) is 0 Å². The second-order valence-corrected chi connectivity index (χ2v) is 6.60. The van der Waals surface area contributed by atoms with Gasteiger partial charge in [-0.25, -0.2) is 4.79 Å². The van der Waals surface area contributed by atoms with Gasteiger partial charge in [-0.15, -0.1) is 0 Å². The van der Waals surface area contributed by atoms with E-state index in [4.69, 9.17) is 16.3 Å². The number of carbonyl (C=O) groups excluding carboxylic acids is 2. The van der Waals surface area contributed by atoms with Gasteiger partial charge in [0, 0.05) is 26.1 Å². The van der Waals surface area contributed by atoms with E-state index in [2.05, 4.69) is 17.4 Å². The van der Waals surface area contributed by atoms with E-state index in [-0.39, 0.29) is 5.91 Å². The number of nitrogens with one attached hydrogen (secondary N) is 1. The second kappa shape index (κ2) is 8.23. The number of methoxy groups -OCH3 is 1. The summed E-state index contributed by atoms with van der Waals surface area (Å²) < 4.78 is 4.71. The van der Waals surface area contributed by atoms with E-state index < -0.39 is 5.97 Å². The molecule has 3 rings (SSSR count). The molecule has 0 atom stereocenters. The van der Waals surface area contributed by atoms with Crippen LogP contribution in [0.3, 0.4) is 0 Å². The first kappa shape index (κ1) is 18.3. The van der Waals surface area contributed by atoms with Crippen LogP contribution in [0.2, 0.25) is 5.02 Å². The molecular formula is C20H21ClN2O3. The second-order valence-electron chi connectivity index (χ2n) is 6.20. The first-order chi connectivity index (χ1) is 12.6. The van der Waals surface area contributed by atoms with E-state index in [9.17, 15) is 9.59 Å². The standard InChI is InChI=1S/C20H21ClN2O3/c1-26-20(25)15-6-7-17(21)18(12-15)22-10-8-19(24)23-11-9-14-4-2-3-5-16(14)13-23/h2-7,12,22H,8-11,13H2,1H3. The number of hydrogen-bond acceptors (Lipinski definition) is 4. The minimum atomic E-state index is -0.423. The van der Waals surface area contributed by atoms with Crippen molar-refractivity contribution < 1.29 is 14.3 Å². The van der Waals surface area contributed by atoms with Crippen molar-refractivity contribution >= 4 is 29.2 Å². The van der Waals surface area contributed by atoms with Crippen molar-refractivity contribution in [2.75, 3.05) is 25.5 Å². The Bertz CT molecular complexity index is 822. The zero-order valence-corrected chi connectivity index (χ0v) is 15.4. The molecule has 1 N–H and O–H groups in total. The fourth-order valence-electron chi connectivity index (χ4n) is 3.08. The van der Waals surface area contributed by atoms with Crippen molar-refractivity contribution in [2.45, 2.75) is 19.4 Å². The number of halogens is 1. The Labute approximate surface area is 157 Å². The molecule has 2 aromatic carbocycles. The highest BCUT2D eigenvalue weighted by molar-refractivity contribution is 6.33. The Morgan fingerprint density at radius 3 is 2.73 bits per heavy atom. The van der Waals surface area contributed by atoms with Crippen LogP contribution in [-0.4, -0.2) is 37.0 Å². The summed E-state index contributed by atoms with van der Waals surface area (Å²) in [5.41, 5.74) is 3.57. The van der Waals surface area contributed by atoms with E-state index in [1.165, 1.54) is 18.2 Å². The molecule has 0 unspecified atom stereocenters.